The van der Waals surface area contributed by atoms with Gasteiger partial charge in [0.25, 0.3) is 0 Å². The molecule has 4 nitrogen and oxygen atoms in total. The van der Waals surface area contributed by atoms with E-state index in [9.17, 15) is 4.79 Å². The lowest BCUT2D eigenvalue weighted by molar-refractivity contribution is -0.138. The highest BCUT2D eigenvalue weighted by Crippen LogP contribution is 2.12. The zero-order valence-corrected chi connectivity index (χ0v) is 14.6. The van der Waals surface area contributed by atoms with Gasteiger partial charge in [-0.05, 0) is 13.0 Å². The molecular weight excluding hydrogens is 278 g/mol. The largest absolute Gasteiger partial charge is 0.480 e. The monoisotopic (exact) mass is 315 g/mol. The Balaban J connectivity index is 3.29. The number of rotatable bonds is 17. The third kappa shape index (κ3) is 15.8. The molecular formula is C18H37NO3. The molecule has 132 valence electrons. The summed E-state index contributed by atoms with van der Waals surface area (Å²) in [6.45, 7) is 3.57. The zero-order valence-electron chi connectivity index (χ0n) is 14.6. The van der Waals surface area contributed by atoms with E-state index in [0.717, 1.165) is 19.4 Å². The average molecular weight is 315 g/mol. The Kier molecular flexibility index (Phi) is 16.3. The van der Waals surface area contributed by atoms with Crippen molar-refractivity contribution in [2.75, 3.05) is 26.2 Å². The van der Waals surface area contributed by atoms with Gasteiger partial charge in [0.05, 0.1) is 13.2 Å². The van der Waals surface area contributed by atoms with Crippen LogP contribution < -0.4 is 0 Å². The van der Waals surface area contributed by atoms with Gasteiger partial charge in [-0.15, -0.1) is 0 Å². The second-order valence-electron chi connectivity index (χ2n) is 6.28. The van der Waals surface area contributed by atoms with Crippen LogP contribution in [0.1, 0.15) is 84.0 Å². The Morgan fingerprint density at radius 3 is 1.64 bits per heavy atom. The molecule has 0 fully saturated rings. The van der Waals surface area contributed by atoms with E-state index in [-0.39, 0.29) is 13.2 Å². The molecule has 0 heterocycles. The lowest BCUT2D eigenvalue weighted by Crippen LogP contribution is -2.33. The number of aliphatic hydroxyl groups excluding tert-OH is 1. The molecule has 0 radical (unpaired) electrons. The highest BCUT2D eigenvalue weighted by molar-refractivity contribution is 5.69. The van der Waals surface area contributed by atoms with E-state index in [4.69, 9.17) is 10.2 Å². The van der Waals surface area contributed by atoms with Crippen molar-refractivity contribution < 1.29 is 15.0 Å². The minimum absolute atomic E-state index is 0.0333. The first-order chi connectivity index (χ1) is 10.7. The lowest BCUT2D eigenvalue weighted by atomic mass is 10.1. The van der Waals surface area contributed by atoms with Crippen LogP contribution in [-0.4, -0.2) is 47.3 Å². The van der Waals surface area contributed by atoms with Crippen molar-refractivity contribution in [3.63, 3.8) is 0 Å². The van der Waals surface area contributed by atoms with Gasteiger partial charge < -0.3 is 10.2 Å². The molecule has 0 aliphatic heterocycles. The van der Waals surface area contributed by atoms with E-state index < -0.39 is 5.97 Å². The second kappa shape index (κ2) is 16.8. The minimum Gasteiger partial charge on any atom is -0.480 e. The number of nitrogens with zero attached hydrogens (tertiary/aromatic N) is 1. The first-order valence-corrected chi connectivity index (χ1v) is 9.25. The highest BCUT2D eigenvalue weighted by atomic mass is 16.4. The molecule has 0 bridgehead atoms. The first-order valence-electron chi connectivity index (χ1n) is 9.25. The standard InChI is InChI=1S/C18H37NO3/c1-2-3-4-5-6-7-8-9-10-11-12-13-14-19(15-16-20)17-18(21)22/h20H,2-17H2,1H3,(H,21,22). The molecule has 4 heteroatoms. The fourth-order valence-corrected chi connectivity index (χ4v) is 2.78. The predicted molar refractivity (Wildman–Crippen MR) is 92.2 cm³/mol. The van der Waals surface area contributed by atoms with Crippen molar-refractivity contribution in [2.45, 2.75) is 84.0 Å². The number of hydrogen-bond acceptors (Lipinski definition) is 3. The third-order valence-electron chi connectivity index (χ3n) is 4.10. The van der Waals surface area contributed by atoms with Crippen LogP contribution in [0.15, 0.2) is 0 Å². The average Bonchev–Trinajstić information content (AvgIpc) is 2.48. The van der Waals surface area contributed by atoms with E-state index in [0.29, 0.717) is 6.54 Å². The minimum atomic E-state index is -0.813. The third-order valence-corrected chi connectivity index (χ3v) is 4.10. The molecule has 0 unspecified atom stereocenters. The molecule has 22 heavy (non-hydrogen) atoms. The Labute approximate surface area is 136 Å². The van der Waals surface area contributed by atoms with Gasteiger partial charge in [-0.1, -0.05) is 77.6 Å². The van der Waals surface area contributed by atoms with E-state index in [2.05, 4.69) is 6.92 Å². The van der Waals surface area contributed by atoms with Crippen molar-refractivity contribution in [3.05, 3.63) is 0 Å². The van der Waals surface area contributed by atoms with E-state index in [1.807, 2.05) is 4.90 Å². The summed E-state index contributed by atoms with van der Waals surface area (Å²) in [4.78, 5) is 12.5. The van der Waals surface area contributed by atoms with E-state index in [1.165, 1.54) is 64.2 Å². The molecule has 0 saturated carbocycles. The maximum Gasteiger partial charge on any atom is 0.317 e. The number of carbonyl (C=O) groups is 1. The SMILES string of the molecule is CCCCCCCCCCCCCCN(CCO)CC(=O)O. The molecule has 0 atom stereocenters. The molecule has 0 aromatic carbocycles. The Hall–Kier alpha value is -0.610. The van der Waals surface area contributed by atoms with Gasteiger partial charge in [0.2, 0.25) is 0 Å². The highest BCUT2D eigenvalue weighted by Gasteiger charge is 2.08. The summed E-state index contributed by atoms with van der Waals surface area (Å²) in [6.07, 6.45) is 15.7. The van der Waals surface area contributed by atoms with Crippen LogP contribution in [0.4, 0.5) is 0 Å². The van der Waals surface area contributed by atoms with Crippen molar-refractivity contribution in [3.8, 4) is 0 Å². The van der Waals surface area contributed by atoms with Crippen LogP contribution >= 0.6 is 0 Å². The van der Waals surface area contributed by atoms with Crippen LogP contribution in [0.25, 0.3) is 0 Å². The van der Waals surface area contributed by atoms with Gasteiger partial charge in [0, 0.05) is 6.54 Å². The van der Waals surface area contributed by atoms with Crippen molar-refractivity contribution in [1.29, 1.82) is 0 Å². The number of carboxylic acids is 1. The fraction of sp³-hybridized carbons (Fsp3) is 0.944. The number of hydrogen-bond donors (Lipinski definition) is 2. The summed E-state index contributed by atoms with van der Waals surface area (Å²) in [7, 11) is 0. The molecule has 0 aliphatic carbocycles. The van der Waals surface area contributed by atoms with Gasteiger partial charge in [-0.3, -0.25) is 9.69 Å². The van der Waals surface area contributed by atoms with Crippen LogP contribution in [0.3, 0.4) is 0 Å². The second-order valence-corrected chi connectivity index (χ2v) is 6.28. The maximum atomic E-state index is 10.7. The Morgan fingerprint density at radius 2 is 1.23 bits per heavy atom. The summed E-state index contributed by atoms with van der Waals surface area (Å²) < 4.78 is 0. The topological polar surface area (TPSA) is 60.8 Å². The summed E-state index contributed by atoms with van der Waals surface area (Å²) >= 11 is 0. The summed E-state index contributed by atoms with van der Waals surface area (Å²) in [5.41, 5.74) is 0. The van der Waals surface area contributed by atoms with Gasteiger partial charge in [-0.25, -0.2) is 0 Å². The van der Waals surface area contributed by atoms with Gasteiger partial charge >= 0.3 is 5.97 Å². The van der Waals surface area contributed by atoms with Crippen LogP contribution in [-0.2, 0) is 4.79 Å². The summed E-state index contributed by atoms with van der Waals surface area (Å²) in [5, 5.41) is 17.7. The zero-order chi connectivity index (χ0) is 16.5. The smallest absolute Gasteiger partial charge is 0.317 e. The molecule has 0 spiro atoms. The van der Waals surface area contributed by atoms with Crippen molar-refractivity contribution in [1.82, 2.24) is 4.90 Å². The molecule has 0 amide bonds. The fourth-order valence-electron chi connectivity index (χ4n) is 2.78. The normalized spacial score (nSPS) is 11.2. The molecule has 0 aromatic heterocycles. The number of aliphatic hydroxyl groups is 1. The van der Waals surface area contributed by atoms with Crippen molar-refractivity contribution >= 4 is 5.97 Å². The first kappa shape index (κ1) is 21.4. The maximum absolute atomic E-state index is 10.7. The van der Waals surface area contributed by atoms with Crippen LogP contribution in [0.2, 0.25) is 0 Å². The van der Waals surface area contributed by atoms with Gasteiger partial charge in [0.15, 0.2) is 0 Å². The summed E-state index contributed by atoms with van der Waals surface area (Å²) in [5.74, 6) is -0.813. The Bertz CT molecular complexity index is 246. The number of carboxylic acid groups (broad SMARTS) is 1. The Morgan fingerprint density at radius 1 is 0.773 bits per heavy atom. The molecule has 0 saturated heterocycles. The predicted octanol–water partition coefficient (Wildman–Crippen LogP) is 4.07. The number of aliphatic carboxylic acids is 1. The quantitative estimate of drug-likeness (QED) is 0.397. The summed E-state index contributed by atoms with van der Waals surface area (Å²) in [6, 6.07) is 0. The lowest BCUT2D eigenvalue weighted by Gasteiger charge is -2.18. The molecule has 0 aliphatic rings. The molecule has 2 N–H and O–H groups in total. The van der Waals surface area contributed by atoms with E-state index >= 15 is 0 Å². The molecule has 0 aromatic rings. The van der Waals surface area contributed by atoms with E-state index in [1.54, 1.807) is 0 Å². The van der Waals surface area contributed by atoms with Gasteiger partial charge in [0.1, 0.15) is 0 Å². The number of unbranched alkanes of at least 4 members (excludes halogenated alkanes) is 11. The van der Waals surface area contributed by atoms with Crippen molar-refractivity contribution in [2.24, 2.45) is 0 Å². The van der Waals surface area contributed by atoms with Gasteiger partial charge in [-0.2, -0.15) is 0 Å². The van der Waals surface area contributed by atoms with Crippen LogP contribution in [0.5, 0.6) is 0 Å². The molecule has 0 rings (SSSR count). The van der Waals surface area contributed by atoms with Crippen LogP contribution in [0, 0.1) is 0 Å².